The Kier molecular flexibility index (Phi) is 12.5. The second kappa shape index (κ2) is 14.2. The van der Waals surface area contributed by atoms with Crippen LogP contribution in [0, 0.1) is 0 Å². The lowest BCUT2D eigenvalue weighted by atomic mass is 10.0. The van der Waals surface area contributed by atoms with Crippen molar-refractivity contribution >= 4 is 17.6 Å². The minimum Gasteiger partial charge on any atom is -0.459 e. The number of esters is 1. The van der Waals surface area contributed by atoms with Crippen LogP contribution in [0.2, 0.25) is 5.02 Å². The molecule has 0 aliphatic heterocycles. The van der Waals surface area contributed by atoms with Gasteiger partial charge >= 0.3 is 5.97 Å². The van der Waals surface area contributed by atoms with Gasteiger partial charge in [0.05, 0.1) is 10.6 Å². The molecule has 0 spiro atoms. The Bertz CT molecular complexity index is 473. The van der Waals surface area contributed by atoms with Gasteiger partial charge in [-0.05, 0) is 37.8 Å². The van der Waals surface area contributed by atoms with Crippen molar-refractivity contribution in [1.29, 1.82) is 0 Å². The first-order valence-electron chi connectivity index (χ1n) is 10.1. The molecule has 0 fully saturated rings. The third-order valence-corrected chi connectivity index (χ3v) is 4.96. The minimum absolute atomic E-state index is 0.0194. The predicted molar refractivity (Wildman–Crippen MR) is 107 cm³/mol. The van der Waals surface area contributed by atoms with Crippen molar-refractivity contribution in [3.63, 3.8) is 0 Å². The zero-order valence-corrected chi connectivity index (χ0v) is 16.8. The molecule has 3 heteroatoms. The summed E-state index contributed by atoms with van der Waals surface area (Å²) in [5.41, 5.74) is 0.476. The summed E-state index contributed by atoms with van der Waals surface area (Å²) in [6.07, 6.45) is 14.4. The number of carbonyl (C=O) groups is 1. The van der Waals surface area contributed by atoms with E-state index in [-0.39, 0.29) is 12.1 Å². The number of rotatable bonds is 14. The molecule has 142 valence electrons. The maximum Gasteiger partial charge on any atom is 0.339 e. The quantitative estimate of drug-likeness (QED) is 0.250. The molecule has 0 saturated carbocycles. The number of unbranched alkanes of at least 4 members (excludes halogenated alkanes) is 8. The van der Waals surface area contributed by atoms with Gasteiger partial charge in [-0.25, -0.2) is 4.79 Å². The van der Waals surface area contributed by atoms with Crippen LogP contribution in [0.15, 0.2) is 24.3 Å². The maximum absolute atomic E-state index is 12.4. The van der Waals surface area contributed by atoms with Crippen molar-refractivity contribution in [3.05, 3.63) is 34.9 Å². The van der Waals surface area contributed by atoms with Crippen LogP contribution in [-0.4, -0.2) is 12.1 Å². The van der Waals surface area contributed by atoms with E-state index in [1.807, 2.05) is 12.1 Å². The van der Waals surface area contributed by atoms with Crippen molar-refractivity contribution < 1.29 is 9.53 Å². The van der Waals surface area contributed by atoms with Gasteiger partial charge in [-0.3, -0.25) is 0 Å². The van der Waals surface area contributed by atoms with Crippen LogP contribution in [0.1, 0.15) is 101 Å². The first kappa shape index (κ1) is 22.0. The van der Waals surface area contributed by atoms with E-state index in [9.17, 15) is 4.79 Å². The molecule has 25 heavy (non-hydrogen) atoms. The molecular formula is C22H35ClO2. The molecule has 1 atom stereocenters. The summed E-state index contributed by atoms with van der Waals surface area (Å²) in [4.78, 5) is 12.4. The summed E-state index contributed by atoms with van der Waals surface area (Å²) in [6, 6.07) is 7.13. The van der Waals surface area contributed by atoms with Crippen molar-refractivity contribution in [2.75, 3.05) is 0 Å². The average Bonchev–Trinajstić information content (AvgIpc) is 2.61. The number of carbonyl (C=O) groups excluding carboxylic acids is 1. The molecule has 0 aliphatic carbocycles. The summed E-state index contributed by atoms with van der Waals surface area (Å²) < 4.78 is 5.79. The highest BCUT2D eigenvalue weighted by atomic mass is 35.5. The highest BCUT2D eigenvalue weighted by Gasteiger charge is 2.17. The van der Waals surface area contributed by atoms with Crippen molar-refractivity contribution in [3.8, 4) is 0 Å². The van der Waals surface area contributed by atoms with Crippen molar-refractivity contribution in [2.24, 2.45) is 0 Å². The Morgan fingerprint density at radius 3 is 2.04 bits per heavy atom. The standard InChI is InChI=1S/C22H35ClO2/c1-3-5-7-8-9-10-12-16-19(15-11-6-4-2)25-22(24)20-17-13-14-18-21(20)23/h13-14,17-19H,3-12,15-16H2,1-2H3. The predicted octanol–water partition coefficient (Wildman–Crippen LogP) is 7.59. The summed E-state index contributed by atoms with van der Waals surface area (Å²) in [7, 11) is 0. The van der Waals surface area contributed by atoms with Gasteiger partial charge < -0.3 is 4.74 Å². The van der Waals surface area contributed by atoms with Crippen molar-refractivity contribution in [1.82, 2.24) is 0 Å². The van der Waals surface area contributed by atoms with Crippen molar-refractivity contribution in [2.45, 2.75) is 97.0 Å². The van der Waals surface area contributed by atoms with E-state index >= 15 is 0 Å². The lowest BCUT2D eigenvalue weighted by molar-refractivity contribution is 0.0249. The number of halogens is 1. The Morgan fingerprint density at radius 2 is 1.40 bits per heavy atom. The largest absolute Gasteiger partial charge is 0.459 e. The van der Waals surface area contributed by atoms with Gasteiger partial charge in [0.2, 0.25) is 0 Å². The fourth-order valence-electron chi connectivity index (χ4n) is 3.05. The molecule has 2 nitrogen and oxygen atoms in total. The minimum atomic E-state index is -0.282. The molecule has 0 aromatic heterocycles. The van der Waals surface area contributed by atoms with Gasteiger partial charge in [-0.15, -0.1) is 0 Å². The first-order valence-corrected chi connectivity index (χ1v) is 10.5. The Hall–Kier alpha value is -1.02. The molecular weight excluding hydrogens is 332 g/mol. The van der Waals surface area contributed by atoms with E-state index < -0.39 is 0 Å². The summed E-state index contributed by atoms with van der Waals surface area (Å²) in [5, 5.41) is 0.468. The summed E-state index contributed by atoms with van der Waals surface area (Å²) in [6.45, 7) is 4.44. The number of hydrogen-bond acceptors (Lipinski definition) is 2. The zero-order valence-electron chi connectivity index (χ0n) is 16.1. The number of benzene rings is 1. The SMILES string of the molecule is CCCCCCCCCC(CCCCC)OC(=O)c1ccccc1Cl. The number of hydrogen-bond donors (Lipinski definition) is 0. The van der Waals surface area contributed by atoms with Gasteiger partial charge in [0.15, 0.2) is 0 Å². The summed E-state index contributed by atoms with van der Waals surface area (Å²) >= 11 is 6.12. The van der Waals surface area contributed by atoms with E-state index in [0.717, 1.165) is 25.7 Å². The highest BCUT2D eigenvalue weighted by molar-refractivity contribution is 6.33. The van der Waals surface area contributed by atoms with Crippen LogP contribution >= 0.6 is 11.6 Å². The molecule has 0 radical (unpaired) electrons. The third kappa shape index (κ3) is 9.89. The first-order chi connectivity index (χ1) is 12.2. The molecule has 0 amide bonds. The highest BCUT2D eigenvalue weighted by Crippen LogP contribution is 2.20. The average molecular weight is 367 g/mol. The molecule has 0 bridgehead atoms. The van der Waals surface area contributed by atoms with E-state index in [1.54, 1.807) is 12.1 Å². The van der Waals surface area contributed by atoms with E-state index in [4.69, 9.17) is 16.3 Å². The van der Waals surface area contributed by atoms with Crippen LogP contribution in [0.25, 0.3) is 0 Å². The van der Waals surface area contributed by atoms with Gasteiger partial charge in [0.1, 0.15) is 6.10 Å². The molecule has 0 N–H and O–H groups in total. The molecule has 1 rings (SSSR count). The van der Waals surface area contributed by atoms with E-state index in [2.05, 4.69) is 13.8 Å². The molecule has 1 aromatic carbocycles. The molecule has 0 aliphatic rings. The smallest absolute Gasteiger partial charge is 0.339 e. The fraction of sp³-hybridized carbons (Fsp3) is 0.682. The van der Waals surface area contributed by atoms with Crippen LogP contribution < -0.4 is 0 Å². The van der Waals surface area contributed by atoms with Crippen LogP contribution in [-0.2, 0) is 4.74 Å². The topological polar surface area (TPSA) is 26.3 Å². The van der Waals surface area contributed by atoms with E-state index in [0.29, 0.717) is 10.6 Å². The molecule has 0 heterocycles. The second-order valence-electron chi connectivity index (χ2n) is 6.91. The summed E-state index contributed by atoms with van der Waals surface area (Å²) in [5.74, 6) is -0.282. The van der Waals surface area contributed by atoms with Crippen LogP contribution in [0.4, 0.5) is 0 Å². The molecule has 1 aromatic rings. The Balaban J connectivity index is 2.41. The second-order valence-corrected chi connectivity index (χ2v) is 7.32. The third-order valence-electron chi connectivity index (χ3n) is 4.63. The van der Waals surface area contributed by atoms with E-state index in [1.165, 1.54) is 51.4 Å². The van der Waals surface area contributed by atoms with Crippen LogP contribution in [0.3, 0.4) is 0 Å². The Morgan fingerprint density at radius 1 is 0.880 bits per heavy atom. The van der Waals surface area contributed by atoms with Gasteiger partial charge in [0, 0.05) is 0 Å². The fourth-order valence-corrected chi connectivity index (χ4v) is 3.27. The number of ether oxygens (including phenoxy) is 1. The zero-order chi connectivity index (χ0) is 18.3. The van der Waals surface area contributed by atoms with Crippen LogP contribution in [0.5, 0.6) is 0 Å². The monoisotopic (exact) mass is 366 g/mol. The van der Waals surface area contributed by atoms with Gasteiger partial charge in [-0.2, -0.15) is 0 Å². The lowest BCUT2D eigenvalue weighted by Gasteiger charge is -2.18. The lowest BCUT2D eigenvalue weighted by Crippen LogP contribution is -2.19. The maximum atomic E-state index is 12.4. The normalized spacial score (nSPS) is 12.1. The van der Waals surface area contributed by atoms with Gasteiger partial charge in [-0.1, -0.05) is 88.9 Å². The molecule has 1 unspecified atom stereocenters. The Labute approximate surface area is 159 Å². The van der Waals surface area contributed by atoms with Gasteiger partial charge in [0.25, 0.3) is 0 Å². The molecule has 0 saturated heterocycles.